The van der Waals surface area contributed by atoms with Gasteiger partial charge in [-0.2, -0.15) is 0 Å². The Hall–Kier alpha value is -1.49. The first-order valence-electron chi connectivity index (χ1n) is 5.27. The molecule has 0 atom stereocenters. The van der Waals surface area contributed by atoms with Gasteiger partial charge in [0.05, 0.1) is 11.4 Å². The molecule has 0 unspecified atom stereocenters. The van der Waals surface area contributed by atoms with Crippen molar-refractivity contribution >= 4 is 28.9 Å². The molecule has 1 aliphatic heterocycles. The molecule has 6 heteroatoms. The molecule has 92 valence electrons. The zero-order valence-electron chi connectivity index (χ0n) is 9.72. The molecule has 2 rings (SSSR count). The number of hydrogen-bond acceptors (Lipinski definition) is 2. The quantitative estimate of drug-likeness (QED) is 0.849. The third kappa shape index (κ3) is 2.15. The fourth-order valence-corrected chi connectivity index (χ4v) is 2.02. The summed E-state index contributed by atoms with van der Waals surface area (Å²) in [6, 6.07) is 3.12. The van der Waals surface area contributed by atoms with Crippen LogP contribution in [0.5, 0.6) is 0 Å². The monoisotopic (exact) mass is 256 g/mol. The van der Waals surface area contributed by atoms with E-state index >= 15 is 0 Å². The summed E-state index contributed by atoms with van der Waals surface area (Å²) in [4.78, 5) is 3.24. The minimum atomic E-state index is -0.354. The third-order valence-corrected chi connectivity index (χ3v) is 2.89. The number of nitrogens with zero attached hydrogens (tertiary/aromatic N) is 2. The predicted octanol–water partition coefficient (Wildman–Crippen LogP) is 1.89. The number of hydrogen-bond donors (Lipinski definition) is 2. The fourth-order valence-electron chi connectivity index (χ4n) is 1.82. The minimum Gasteiger partial charge on any atom is -0.375 e. The summed E-state index contributed by atoms with van der Waals surface area (Å²) in [5.74, 6) is -0.149. The second-order valence-corrected chi connectivity index (χ2v) is 4.52. The highest BCUT2D eigenvalue weighted by atomic mass is 35.5. The maximum atomic E-state index is 14.3. The minimum absolute atomic E-state index is 0.205. The van der Waals surface area contributed by atoms with Crippen molar-refractivity contribution in [1.29, 1.82) is 5.41 Å². The lowest BCUT2D eigenvalue weighted by Gasteiger charge is -2.22. The number of guanidine groups is 1. The zero-order valence-corrected chi connectivity index (χ0v) is 10.5. The molecule has 0 amide bonds. The topological polar surface area (TPSA) is 42.4 Å². The Balaban J connectivity index is 2.50. The first-order valence-corrected chi connectivity index (χ1v) is 5.65. The Labute approximate surface area is 104 Å². The summed E-state index contributed by atoms with van der Waals surface area (Å²) >= 11 is 5.98. The van der Waals surface area contributed by atoms with Crippen LogP contribution in [-0.2, 0) is 0 Å². The lowest BCUT2D eigenvalue weighted by Crippen LogP contribution is -2.29. The van der Waals surface area contributed by atoms with Crippen molar-refractivity contribution in [3.8, 4) is 0 Å². The Bertz CT molecular complexity index is 461. The van der Waals surface area contributed by atoms with E-state index in [2.05, 4.69) is 5.32 Å². The van der Waals surface area contributed by atoms with Crippen LogP contribution in [0.25, 0.3) is 0 Å². The van der Waals surface area contributed by atoms with Crippen molar-refractivity contribution in [2.75, 3.05) is 37.0 Å². The van der Waals surface area contributed by atoms with E-state index in [1.54, 1.807) is 36.0 Å². The maximum absolute atomic E-state index is 14.3. The van der Waals surface area contributed by atoms with Gasteiger partial charge in [0.25, 0.3) is 0 Å². The normalized spacial score (nSPS) is 15.1. The van der Waals surface area contributed by atoms with Gasteiger partial charge in [-0.1, -0.05) is 11.6 Å². The standard InChI is InChI=1S/C11H14ClFN4/c1-16(2)8-5-7(12)6-9(10(8)13)17-4-3-15-11(17)14/h5-6H,3-4H2,1-2H3,(H2,14,15). The molecule has 2 N–H and O–H groups in total. The van der Waals surface area contributed by atoms with Crippen molar-refractivity contribution < 1.29 is 4.39 Å². The molecule has 4 nitrogen and oxygen atoms in total. The largest absolute Gasteiger partial charge is 0.375 e. The molecular formula is C11H14ClFN4. The van der Waals surface area contributed by atoms with E-state index in [9.17, 15) is 4.39 Å². The van der Waals surface area contributed by atoms with E-state index in [0.29, 0.717) is 29.5 Å². The molecule has 0 radical (unpaired) electrons. The van der Waals surface area contributed by atoms with Crippen LogP contribution < -0.4 is 15.1 Å². The number of anilines is 2. The maximum Gasteiger partial charge on any atom is 0.195 e. The zero-order chi connectivity index (χ0) is 12.6. The van der Waals surface area contributed by atoms with Gasteiger partial charge in [0.2, 0.25) is 0 Å². The first-order chi connectivity index (χ1) is 8.00. The van der Waals surface area contributed by atoms with Crippen LogP contribution in [0.2, 0.25) is 5.02 Å². The molecule has 0 aliphatic carbocycles. The van der Waals surface area contributed by atoms with Gasteiger partial charge in [0.15, 0.2) is 11.8 Å². The Morgan fingerprint density at radius 2 is 2.18 bits per heavy atom. The second kappa shape index (κ2) is 4.41. The summed E-state index contributed by atoms with van der Waals surface area (Å²) in [6.45, 7) is 1.21. The fraction of sp³-hybridized carbons (Fsp3) is 0.364. The third-order valence-electron chi connectivity index (χ3n) is 2.67. The van der Waals surface area contributed by atoms with Gasteiger partial charge >= 0.3 is 0 Å². The molecule has 0 saturated carbocycles. The second-order valence-electron chi connectivity index (χ2n) is 4.08. The van der Waals surface area contributed by atoms with Gasteiger partial charge in [0, 0.05) is 32.2 Å². The average Bonchev–Trinajstić information content (AvgIpc) is 2.67. The van der Waals surface area contributed by atoms with Crippen LogP contribution in [0.15, 0.2) is 12.1 Å². The Kier molecular flexibility index (Phi) is 3.11. The average molecular weight is 257 g/mol. The number of rotatable bonds is 2. The van der Waals surface area contributed by atoms with E-state index in [0.717, 1.165) is 0 Å². The van der Waals surface area contributed by atoms with E-state index < -0.39 is 0 Å². The molecule has 1 aromatic rings. The van der Waals surface area contributed by atoms with Crippen LogP contribution in [0, 0.1) is 11.2 Å². The molecule has 1 saturated heterocycles. The van der Waals surface area contributed by atoms with Crippen molar-refractivity contribution in [1.82, 2.24) is 5.32 Å². The molecular weight excluding hydrogens is 243 g/mol. The smallest absolute Gasteiger partial charge is 0.195 e. The van der Waals surface area contributed by atoms with Crippen LogP contribution in [-0.4, -0.2) is 33.1 Å². The molecule has 1 fully saturated rings. The summed E-state index contributed by atoms with van der Waals surface area (Å²) in [5.41, 5.74) is 0.767. The summed E-state index contributed by atoms with van der Waals surface area (Å²) < 4.78 is 14.3. The van der Waals surface area contributed by atoms with Gasteiger partial charge in [0.1, 0.15) is 0 Å². The van der Waals surface area contributed by atoms with Crippen molar-refractivity contribution in [2.24, 2.45) is 0 Å². The van der Waals surface area contributed by atoms with Crippen LogP contribution >= 0.6 is 11.6 Å². The lowest BCUT2D eigenvalue weighted by atomic mass is 10.2. The summed E-state index contributed by atoms with van der Waals surface area (Å²) in [5, 5.41) is 11.0. The molecule has 17 heavy (non-hydrogen) atoms. The van der Waals surface area contributed by atoms with Gasteiger partial charge in [-0.25, -0.2) is 4.39 Å². The van der Waals surface area contributed by atoms with Crippen molar-refractivity contribution in [3.63, 3.8) is 0 Å². The summed E-state index contributed by atoms with van der Waals surface area (Å²) in [6.07, 6.45) is 0. The number of halogens is 2. The van der Waals surface area contributed by atoms with E-state index in [4.69, 9.17) is 17.0 Å². The predicted molar refractivity (Wildman–Crippen MR) is 68.8 cm³/mol. The summed E-state index contributed by atoms with van der Waals surface area (Å²) in [7, 11) is 3.51. The SMILES string of the molecule is CN(C)c1cc(Cl)cc(N2CCNC2=N)c1F. The molecule has 1 heterocycles. The number of benzene rings is 1. The van der Waals surface area contributed by atoms with Gasteiger partial charge in [-0.3, -0.25) is 5.41 Å². The van der Waals surface area contributed by atoms with Crippen LogP contribution in [0.3, 0.4) is 0 Å². The van der Waals surface area contributed by atoms with Crippen LogP contribution in [0.4, 0.5) is 15.8 Å². The van der Waals surface area contributed by atoms with Gasteiger partial charge < -0.3 is 15.1 Å². The van der Waals surface area contributed by atoms with Crippen LogP contribution in [0.1, 0.15) is 0 Å². The Morgan fingerprint density at radius 1 is 1.47 bits per heavy atom. The molecule has 0 bridgehead atoms. The van der Waals surface area contributed by atoms with Gasteiger partial charge in [-0.15, -0.1) is 0 Å². The molecule has 0 spiro atoms. The molecule has 1 aromatic carbocycles. The number of nitrogens with one attached hydrogen (secondary N) is 2. The lowest BCUT2D eigenvalue weighted by molar-refractivity contribution is 0.625. The van der Waals surface area contributed by atoms with E-state index in [1.807, 2.05) is 0 Å². The first kappa shape index (κ1) is 12.0. The van der Waals surface area contributed by atoms with Crippen molar-refractivity contribution in [3.05, 3.63) is 23.0 Å². The molecule has 0 aromatic heterocycles. The van der Waals surface area contributed by atoms with E-state index in [-0.39, 0.29) is 11.8 Å². The van der Waals surface area contributed by atoms with Gasteiger partial charge in [-0.05, 0) is 12.1 Å². The van der Waals surface area contributed by atoms with Crippen molar-refractivity contribution in [2.45, 2.75) is 0 Å². The highest BCUT2D eigenvalue weighted by molar-refractivity contribution is 6.31. The highest BCUT2D eigenvalue weighted by Crippen LogP contribution is 2.32. The highest BCUT2D eigenvalue weighted by Gasteiger charge is 2.23. The van der Waals surface area contributed by atoms with E-state index in [1.165, 1.54) is 0 Å². The molecule has 1 aliphatic rings. The Morgan fingerprint density at radius 3 is 2.71 bits per heavy atom.